The van der Waals surface area contributed by atoms with Crippen LogP contribution in [0.5, 0.6) is 5.75 Å². The molecule has 186 valence electrons. The number of fused-ring (bicyclic) bond motifs is 3. The summed E-state index contributed by atoms with van der Waals surface area (Å²) in [6.45, 7) is 6.47. The molecule has 3 saturated heterocycles. The third-order valence-corrected chi connectivity index (χ3v) is 8.31. The van der Waals surface area contributed by atoms with E-state index in [4.69, 9.17) is 19.7 Å². The number of methoxy groups -OCH3 is 1. The minimum absolute atomic E-state index is 0.305. The third-order valence-electron chi connectivity index (χ3n) is 8.31. The summed E-state index contributed by atoms with van der Waals surface area (Å²) in [6, 6.07) is 17.8. The number of ether oxygens (including phenoxy) is 2. The Kier molecular flexibility index (Phi) is 6.07. The van der Waals surface area contributed by atoms with Gasteiger partial charge in [0.25, 0.3) is 0 Å². The molecule has 36 heavy (non-hydrogen) atoms. The molecule has 3 aliphatic rings. The molecule has 6 rings (SSSR count). The van der Waals surface area contributed by atoms with E-state index in [9.17, 15) is 0 Å². The van der Waals surface area contributed by atoms with E-state index in [0.717, 1.165) is 46.6 Å². The molecule has 1 aromatic heterocycles. The van der Waals surface area contributed by atoms with Gasteiger partial charge in [-0.1, -0.05) is 24.3 Å². The standard InChI is InChI=1S/C30H34N4O2/c1-19-17-33(18-20(2)36-19)25-13-23-11-12-24(14-25)34(23)28-16-32-29-26(5-4-6-27(29)30(28)35-3)22-9-7-21(15-31)8-10-22/h4-10,16,19-20,23-25H,11-14,17-18H2,1-3H3/t19-,20+,23?,24?,25?. The number of hydrogen-bond donors (Lipinski definition) is 0. The van der Waals surface area contributed by atoms with Gasteiger partial charge in [-0.15, -0.1) is 0 Å². The molecule has 0 spiro atoms. The van der Waals surface area contributed by atoms with Crippen LogP contribution in [0.2, 0.25) is 0 Å². The first-order valence-corrected chi connectivity index (χ1v) is 13.2. The highest BCUT2D eigenvalue weighted by Gasteiger charge is 2.44. The van der Waals surface area contributed by atoms with Crippen LogP contribution in [-0.2, 0) is 4.74 Å². The summed E-state index contributed by atoms with van der Waals surface area (Å²) in [4.78, 5) is 10.3. The molecule has 0 aliphatic carbocycles. The number of anilines is 1. The number of nitriles is 1. The van der Waals surface area contributed by atoms with Crippen molar-refractivity contribution in [3.63, 3.8) is 0 Å². The van der Waals surface area contributed by atoms with E-state index in [2.05, 4.69) is 47.9 Å². The topological polar surface area (TPSA) is 61.6 Å². The molecule has 0 radical (unpaired) electrons. The summed E-state index contributed by atoms with van der Waals surface area (Å²) in [5.74, 6) is 0.916. The smallest absolute Gasteiger partial charge is 0.153 e. The number of hydrogen-bond acceptors (Lipinski definition) is 6. The SMILES string of the molecule is COc1c(N2C3CCC2CC(N2C[C@@H](C)O[C@@H](C)C2)C3)cnc2c(-c3ccc(C#N)cc3)cccc12. The summed E-state index contributed by atoms with van der Waals surface area (Å²) < 4.78 is 12.1. The highest BCUT2D eigenvalue weighted by molar-refractivity contribution is 5.99. The fourth-order valence-electron chi connectivity index (χ4n) is 6.90. The number of rotatable bonds is 4. The molecule has 2 bridgehead atoms. The summed E-state index contributed by atoms with van der Waals surface area (Å²) in [5, 5.41) is 10.2. The van der Waals surface area contributed by atoms with Crippen molar-refractivity contribution in [2.24, 2.45) is 0 Å². The van der Waals surface area contributed by atoms with Gasteiger partial charge in [0.15, 0.2) is 5.75 Å². The first-order chi connectivity index (χ1) is 17.6. The molecular weight excluding hydrogens is 448 g/mol. The van der Waals surface area contributed by atoms with Crippen molar-refractivity contribution < 1.29 is 9.47 Å². The number of piperidine rings is 1. The van der Waals surface area contributed by atoms with Crippen LogP contribution in [0.4, 0.5) is 5.69 Å². The quantitative estimate of drug-likeness (QED) is 0.497. The number of benzene rings is 2. The van der Waals surface area contributed by atoms with Gasteiger partial charge in [-0.25, -0.2) is 0 Å². The van der Waals surface area contributed by atoms with Crippen molar-refractivity contribution in [3.05, 3.63) is 54.2 Å². The molecule has 6 heteroatoms. The summed E-state index contributed by atoms with van der Waals surface area (Å²) in [6.07, 6.45) is 7.45. The van der Waals surface area contributed by atoms with Crippen LogP contribution in [0.25, 0.3) is 22.0 Å². The largest absolute Gasteiger partial charge is 0.494 e. The zero-order chi connectivity index (χ0) is 24.8. The minimum Gasteiger partial charge on any atom is -0.494 e. The van der Waals surface area contributed by atoms with Crippen LogP contribution in [-0.4, -0.2) is 60.4 Å². The second-order valence-corrected chi connectivity index (χ2v) is 10.7. The van der Waals surface area contributed by atoms with Crippen molar-refractivity contribution in [2.75, 3.05) is 25.1 Å². The fraction of sp³-hybridized carbons (Fsp3) is 0.467. The third kappa shape index (κ3) is 4.01. The molecule has 3 aliphatic heterocycles. The normalized spacial score (nSPS) is 28.3. The van der Waals surface area contributed by atoms with Gasteiger partial charge >= 0.3 is 0 Å². The molecule has 0 N–H and O–H groups in total. The molecule has 6 nitrogen and oxygen atoms in total. The second-order valence-electron chi connectivity index (χ2n) is 10.7. The first kappa shape index (κ1) is 23.3. The van der Waals surface area contributed by atoms with Crippen LogP contribution in [0.15, 0.2) is 48.7 Å². The zero-order valence-corrected chi connectivity index (χ0v) is 21.4. The molecule has 3 aromatic rings. The number of aromatic nitrogens is 1. The lowest BCUT2D eigenvalue weighted by Crippen LogP contribution is -2.56. The average molecular weight is 483 g/mol. The van der Waals surface area contributed by atoms with Crippen LogP contribution in [0, 0.1) is 11.3 Å². The van der Waals surface area contributed by atoms with Crippen LogP contribution in [0.3, 0.4) is 0 Å². The maximum atomic E-state index is 9.16. The Bertz CT molecular complexity index is 1280. The summed E-state index contributed by atoms with van der Waals surface area (Å²) in [5.41, 5.74) is 4.82. The van der Waals surface area contributed by atoms with Crippen molar-refractivity contribution in [1.82, 2.24) is 9.88 Å². The highest BCUT2D eigenvalue weighted by Crippen LogP contribution is 2.46. The van der Waals surface area contributed by atoms with Crippen LogP contribution >= 0.6 is 0 Å². The Balaban J connectivity index is 1.33. The Morgan fingerprint density at radius 1 is 0.972 bits per heavy atom. The summed E-state index contributed by atoms with van der Waals surface area (Å²) >= 11 is 0. The average Bonchev–Trinajstić information content (AvgIpc) is 3.15. The first-order valence-electron chi connectivity index (χ1n) is 13.2. The van der Waals surface area contributed by atoms with Gasteiger partial charge in [0.1, 0.15) is 0 Å². The zero-order valence-electron chi connectivity index (χ0n) is 21.4. The Labute approximate surface area is 213 Å². The van der Waals surface area contributed by atoms with Gasteiger partial charge in [0.05, 0.1) is 48.4 Å². The Hall–Kier alpha value is -3.14. The Morgan fingerprint density at radius 2 is 1.67 bits per heavy atom. The molecule has 2 aromatic carbocycles. The summed E-state index contributed by atoms with van der Waals surface area (Å²) in [7, 11) is 1.78. The van der Waals surface area contributed by atoms with E-state index >= 15 is 0 Å². The van der Waals surface area contributed by atoms with Gasteiger partial charge in [0.2, 0.25) is 0 Å². The maximum Gasteiger partial charge on any atom is 0.153 e. The lowest BCUT2D eigenvalue weighted by atomic mass is 9.93. The minimum atomic E-state index is 0.305. The second kappa shape index (κ2) is 9.38. The van der Waals surface area contributed by atoms with Crippen molar-refractivity contribution >= 4 is 16.6 Å². The van der Waals surface area contributed by atoms with E-state index in [0.29, 0.717) is 35.9 Å². The molecule has 3 fully saturated rings. The number of nitrogens with zero attached hydrogens (tertiary/aromatic N) is 4. The molecule has 4 atom stereocenters. The molecular formula is C30H34N4O2. The monoisotopic (exact) mass is 482 g/mol. The molecule has 0 amide bonds. The van der Waals surface area contributed by atoms with E-state index in [1.807, 2.05) is 30.5 Å². The predicted molar refractivity (Wildman–Crippen MR) is 142 cm³/mol. The lowest BCUT2D eigenvalue weighted by molar-refractivity contribution is -0.0842. The molecule has 0 saturated carbocycles. The molecule has 4 heterocycles. The van der Waals surface area contributed by atoms with Crippen LogP contribution in [0.1, 0.15) is 45.1 Å². The van der Waals surface area contributed by atoms with E-state index in [1.165, 1.54) is 25.7 Å². The van der Waals surface area contributed by atoms with Gasteiger partial charge < -0.3 is 14.4 Å². The lowest BCUT2D eigenvalue weighted by Gasteiger charge is -2.47. The van der Waals surface area contributed by atoms with Gasteiger partial charge in [-0.3, -0.25) is 9.88 Å². The number of morpholine rings is 1. The number of pyridine rings is 1. The highest BCUT2D eigenvalue weighted by atomic mass is 16.5. The van der Waals surface area contributed by atoms with Crippen molar-refractivity contribution in [1.29, 1.82) is 5.26 Å². The van der Waals surface area contributed by atoms with Gasteiger partial charge in [0, 0.05) is 42.2 Å². The van der Waals surface area contributed by atoms with E-state index in [1.54, 1.807) is 7.11 Å². The van der Waals surface area contributed by atoms with Gasteiger partial charge in [-0.05, 0) is 63.3 Å². The Morgan fingerprint density at radius 3 is 2.31 bits per heavy atom. The fourth-order valence-corrected chi connectivity index (χ4v) is 6.90. The van der Waals surface area contributed by atoms with Crippen LogP contribution < -0.4 is 9.64 Å². The van der Waals surface area contributed by atoms with Crippen molar-refractivity contribution in [2.45, 2.75) is 69.9 Å². The van der Waals surface area contributed by atoms with E-state index < -0.39 is 0 Å². The molecule has 2 unspecified atom stereocenters. The van der Waals surface area contributed by atoms with Crippen molar-refractivity contribution in [3.8, 4) is 22.9 Å². The predicted octanol–water partition coefficient (Wildman–Crippen LogP) is 5.39. The number of para-hydroxylation sites is 1. The van der Waals surface area contributed by atoms with Gasteiger partial charge in [-0.2, -0.15) is 5.26 Å². The maximum absolute atomic E-state index is 9.16. The van der Waals surface area contributed by atoms with E-state index in [-0.39, 0.29) is 0 Å².